The zero-order valence-corrected chi connectivity index (χ0v) is 11.2. The number of methoxy groups -OCH3 is 1. The summed E-state index contributed by atoms with van der Waals surface area (Å²) < 4.78 is 6.75. The summed E-state index contributed by atoms with van der Waals surface area (Å²) in [7, 11) is 1.55. The molecule has 1 aliphatic heterocycles. The van der Waals surface area contributed by atoms with Gasteiger partial charge in [-0.25, -0.2) is 0 Å². The van der Waals surface area contributed by atoms with Crippen molar-refractivity contribution < 1.29 is 9.53 Å². The number of hydrogen-bond donors (Lipinski definition) is 1. The van der Waals surface area contributed by atoms with Gasteiger partial charge in [0.1, 0.15) is 6.04 Å². The van der Waals surface area contributed by atoms with Crippen LogP contribution in [-0.2, 0) is 16.1 Å². The lowest BCUT2D eigenvalue weighted by molar-refractivity contribution is -0.135. The van der Waals surface area contributed by atoms with Crippen LogP contribution in [0.1, 0.15) is 12.8 Å². The number of ether oxygens (including phenoxy) is 1. The minimum atomic E-state index is -0.560. The van der Waals surface area contributed by atoms with E-state index in [1.54, 1.807) is 13.3 Å². The van der Waals surface area contributed by atoms with Crippen molar-refractivity contribution >= 4 is 5.91 Å². The van der Waals surface area contributed by atoms with Gasteiger partial charge in [0.25, 0.3) is 0 Å². The Morgan fingerprint density at radius 1 is 1.63 bits per heavy atom. The molecule has 2 unspecified atom stereocenters. The van der Waals surface area contributed by atoms with Gasteiger partial charge in [0.2, 0.25) is 5.91 Å². The monoisotopic (exact) mass is 267 g/mol. The lowest BCUT2D eigenvalue weighted by atomic mass is 9.97. The first-order valence-electron chi connectivity index (χ1n) is 6.58. The van der Waals surface area contributed by atoms with Crippen LogP contribution in [0.25, 0.3) is 0 Å². The summed E-state index contributed by atoms with van der Waals surface area (Å²) >= 11 is 0. The Labute approximate surface area is 112 Å². The molecule has 1 aromatic heterocycles. The first kappa shape index (κ1) is 14.0. The fourth-order valence-electron chi connectivity index (χ4n) is 2.49. The average molecular weight is 267 g/mol. The minimum Gasteiger partial charge on any atom is -0.383 e. The highest BCUT2D eigenvalue weighted by atomic mass is 16.5. The summed E-state index contributed by atoms with van der Waals surface area (Å²) in [5.41, 5.74) is 5.80. The van der Waals surface area contributed by atoms with Crippen molar-refractivity contribution in [3.63, 3.8) is 0 Å². The van der Waals surface area contributed by atoms with Crippen molar-refractivity contribution in [2.75, 3.05) is 26.8 Å². The van der Waals surface area contributed by atoms with Crippen LogP contribution in [0.4, 0.5) is 0 Å². The van der Waals surface area contributed by atoms with Crippen LogP contribution in [0.2, 0.25) is 0 Å². The molecular weight excluding hydrogens is 246 g/mol. The van der Waals surface area contributed by atoms with Crippen molar-refractivity contribution in [3.05, 3.63) is 12.4 Å². The number of aromatic nitrogens is 3. The zero-order chi connectivity index (χ0) is 13.7. The van der Waals surface area contributed by atoms with Gasteiger partial charge in [-0.3, -0.25) is 9.48 Å². The van der Waals surface area contributed by atoms with E-state index in [0.717, 1.165) is 32.5 Å². The number of hydrogen-bond acceptors (Lipinski definition) is 5. The molecule has 0 radical (unpaired) electrons. The van der Waals surface area contributed by atoms with Gasteiger partial charge >= 0.3 is 0 Å². The van der Waals surface area contributed by atoms with E-state index in [1.165, 1.54) is 0 Å². The van der Waals surface area contributed by atoms with Gasteiger partial charge in [-0.1, -0.05) is 5.21 Å². The van der Waals surface area contributed by atoms with E-state index in [-0.39, 0.29) is 12.5 Å². The van der Waals surface area contributed by atoms with E-state index in [1.807, 2.05) is 15.8 Å². The Kier molecular flexibility index (Phi) is 4.86. The van der Waals surface area contributed by atoms with Crippen LogP contribution in [0.3, 0.4) is 0 Å². The Hall–Kier alpha value is -1.47. The molecule has 0 bridgehead atoms. The molecule has 1 aliphatic rings. The van der Waals surface area contributed by atoms with E-state index in [9.17, 15) is 4.79 Å². The molecule has 106 valence electrons. The standard InChI is InChI=1S/C12H21N5O2/c1-19-9-11(13)12(18)16-5-2-3-10(7-16)8-17-6-4-14-15-17/h4,6,10-11H,2-3,5,7-9,13H2,1H3. The SMILES string of the molecule is COCC(N)C(=O)N1CCCC(Cn2ccnn2)C1. The van der Waals surface area contributed by atoms with E-state index >= 15 is 0 Å². The van der Waals surface area contributed by atoms with E-state index in [0.29, 0.717) is 5.92 Å². The van der Waals surface area contributed by atoms with Gasteiger partial charge in [0, 0.05) is 32.9 Å². The van der Waals surface area contributed by atoms with Crippen LogP contribution in [-0.4, -0.2) is 58.6 Å². The molecule has 0 spiro atoms. The highest BCUT2D eigenvalue weighted by Crippen LogP contribution is 2.18. The first-order chi connectivity index (χ1) is 9.20. The van der Waals surface area contributed by atoms with Crippen LogP contribution in [0, 0.1) is 5.92 Å². The third-order valence-corrected chi connectivity index (χ3v) is 3.41. The van der Waals surface area contributed by atoms with Crippen molar-refractivity contribution in [3.8, 4) is 0 Å². The van der Waals surface area contributed by atoms with E-state index in [2.05, 4.69) is 10.3 Å². The molecule has 7 nitrogen and oxygen atoms in total. The van der Waals surface area contributed by atoms with Gasteiger partial charge in [0.15, 0.2) is 0 Å². The molecule has 0 aliphatic carbocycles. The minimum absolute atomic E-state index is 0.0230. The lowest BCUT2D eigenvalue weighted by Crippen LogP contribution is -2.50. The van der Waals surface area contributed by atoms with E-state index < -0.39 is 6.04 Å². The Bertz CT molecular complexity index is 395. The lowest BCUT2D eigenvalue weighted by Gasteiger charge is -2.34. The highest BCUT2D eigenvalue weighted by molar-refractivity contribution is 5.81. The van der Waals surface area contributed by atoms with Crippen molar-refractivity contribution in [2.45, 2.75) is 25.4 Å². The predicted molar refractivity (Wildman–Crippen MR) is 69.2 cm³/mol. The molecule has 2 rings (SSSR count). The third-order valence-electron chi connectivity index (χ3n) is 3.41. The zero-order valence-electron chi connectivity index (χ0n) is 11.2. The summed E-state index contributed by atoms with van der Waals surface area (Å²) in [6.45, 7) is 2.58. The topological polar surface area (TPSA) is 86.3 Å². The number of rotatable bonds is 5. The molecule has 1 saturated heterocycles. The maximum absolute atomic E-state index is 12.1. The number of nitrogens with zero attached hydrogens (tertiary/aromatic N) is 4. The van der Waals surface area contributed by atoms with Crippen LogP contribution < -0.4 is 5.73 Å². The van der Waals surface area contributed by atoms with Gasteiger partial charge in [-0.2, -0.15) is 0 Å². The maximum atomic E-state index is 12.1. The van der Waals surface area contributed by atoms with Crippen LogP contribution >= 0.6 is 0 Å². The summed E-state index contributed by atoms with van der Waals surface area (Å²) in [5, 5.41) is 7.75. The number of carbonyl (C=O) groups excluding carboxylic acids is 1. The van der Waals surface area contributed by atoms with Crippen molar-refractivity contribution in [1.29, 1.82) is 0 Å². The molecule has 0 aromatic carbocycles. The number of likely N-dealkylation sites (tertiary alicyclic amines) is 1. The Morgan fingerprint density at radius 3 is 3.16 bits per heavy atom. The molecule has 2 heterocycles. The number of piperidine rings is 1. The molecule has 1 aromatic rings. The van der Waals surface area contributed by atoms with Gasteiger partial charge < -0.3 is 15.4 Å². The van der Waals surface area contributed by atoms with Crippen LogP contribution in [0.5, 0.6) is 0 Å². The maximum Gasteiger partial charge on any atom is 0.241 e. The van der Waals surface area contributed by atoms with E-state index in [4.69, 9.17) is 10.5 Å². The molecule has 1 amide bonds. The average Bonchev–Trinajstić information content (AvgIpc) is 2.91. The predicted octanol–water partition coefficient (Wildman–Crippen LogP) is -0.510. The Balaban J connectivity index is 1.88. The quantitative estimate of drug-likeness (QED) is 0.776. The molecule has 0 saturated carbocycles. The summed E-state index contributed by atoms with van der Waals surface area (Å²) in [6, 6.07) is -0.560. The molecule has 1 fully saturated rings. The normalized spacial score (nSPS) is 21.4. The fraction of sp³-hybridized carbons (Fsp3) is 0.750. The smallest absolute Gasteiger partial charge is 0.241 e. The fourth-order valence-corrected chi connectivity index (χ4v) is 2.49. The van der Waals surface area contributed by atoms with Crippen molar-refractivity contribution in [2.24, 2.45) is 11.7 Å². The van der Waals surface area contributed by atoms with Gasteiger partial charge in [0.05, 0.1) is 12.8 Å². The molecule has 19 heavy (non-hydrogen) atoms. The summed E-state index contributed by atoms with van der Waals surface area (Å²) in [6.07, 6.45) is 5.62. The molecule has 7 heteroatoms. The number of nitrogens with two attached hydrogens (primary N) is 1. The summed E-state index contributed by atoms with van der Waals surface area (Å²) in [5.74, 6) is 0.388. The number of amides is 1. The van der Waals surface area contributed by atoms with Gasteiger partial charge in [-0.15, -0.1) is 5.10 Å². The van der Waals surface area contributed by atoms with Crippen molar-refractivity contribution in [1.82, 2.24) is 19.9 Å². The second-order valence-electron chi connectivity index (χ2n) is 4.98. The molecular formula is C12H21N5O2. The largest absolute Gasteiger partial charge is 0.383 e. The first-order valence-corrected chi connectivity index (χ1v) is 6.58. The highest BCUT2D eigenvalue weighted by Gasteiger charge is 2.27. The Morgan fingerprint density at radius 2 is 2.47 bits per heavy atom. The van der Waals surface area contributed by atoms with Gasteiger partial charge in [-0.05, 0) is 18.8 Å². The molecule has 2 atom stereocenters. The number of carbonyl (C=O) groups is 1. The third kappa shape index (κ3) is 3.74. The summed E-state index contributed by atoms with van der Waals surface area (Å²) in [4.78, 5) is 14.0. The van der Waals surface area contributed by atoms with Crippen LogP contribution in [0.15, 0.2) is 12.4 Å². The second kappa shape index (κ2) is 6.63. The second-order valence-corrected chi connectivity index (χ2v) is 4.98. The molecule has 2 N–H and O–H groups in total.